The highest BCUT2D eigenvalue weighted by Crippen LogP contribution is 2.19. The lowest BCUT2D eigenvalue weighted by Gasteiger charge is -2.10. The molecule has 0 saturated carbocycles. The van der Waals surface area contributed by atoms with Crippen molar-refractivity contribution >= 4 is 28.5 Å². The Balaban J connectivity index is 1.31. The fourth-order valence-electron chi connectivity index (χ4n) is 3.78. The minimum atomic E-state index is -0.0767. The van der Waals surface area contributed by atoms with Crippen LogP contribution in [0.4, 0.5) is 0 Å². The number of aromatic nitrogens is 2. The first-order chi connectivity index (χ1) is 15.2. The minimum absolute atomic E-state index is 0.0767. The van der Waals surface area contributed by atoms with E-state index in [2.05, 4.69) is 52.3 Å². The van der Waals surface area contributed by atoms with Gasteiger partial charge in [-0.25, -0.2) is 4.98 Å². The molecule has 0 aliphatic heterocycles. The molecule has 5 heteroatoms. The molecule has 4 nitrogen and oxygen atoms in total. The van der Waals surface area contributed by atoms with Gasteiger partial charge in [0.25, 0.3) is 5.91 Å². The van der Waals surface area contributed by atoms with Crippen LogP contribution < -0.4 is 5.32 Å². The van der Waals surface area contributed by atoms with Gasteiger partial charge >= 0.3 is 0 Å². The van der Waals surface area contributed by atoms with E-state index < -0.39 is 0 Å². The lowest BCUT2D eigenvalue weighted by atomic mass is 10.1. The van der Waals surface area contributed by atoms with Crippen molar-refractivity contribution in [1.29, 1.82) is 0 Å². The molecule has 0 saturated heterocycles. The summed E-state index contributed by atoms with van der Waals surface area (Å²) in [5.74, 6) is 1.04. The van der Waals surface area contributed by atoms with Gasteiger partial charge in [-0.15, -0.1) is 0 Å². The summed E-state index contributed by atoms with van der Waals surface area (Å²) in [4.78, 5) is 17.1. The molecule has 1 amide bonds. The van der Waals surface area contributed by atoms with E-state index in [1.54, 1.807) is 24.3 Å². The molecule has 0 aliphatic carbocycles. The zero-order chi connectivity index (χ0) is 21.5. The number of halogens is 1. The maximum absolute atomic E-state index is 12.2. The number of nitrogens with zero attached hydrogens (tertiary/aromatic N) is 2. The van der Waals surface area contributed by atoms with Crippen LogP contribution in [0.1, 0.15) is 41.0 Å². The maximum Gasteiger partial charge on any atom is 0.251 e. The van der Waals surface area contributed by atoms with Crippen molar-refractivity contribution in [2.45, 2.75) is 32.2 Å². The Hall–Kier alpha value is -3.11. The number of fused-ring (bicyclic) bond motifs is 1. The van der Waals surface area contributed by atoms with Crippen LogP contribution in [0.15, 0.2) is 78.9 Å². The Kier molecular flexibility index (Phi) is 7.00. The first-order valence-corrected chi connectivity index (χ1v) is 11.1. The summed E-state index contributed by atoms with van der Waals surface area (Å²) in [6, 6.07) is 25.8. The summed E-state index contributed by atoms with van der Waals surface area (Å²) >= 11 is 5.95. The standard InChI is InChI=1S/C26H26ClN3O/c27-22-13-9-12-21(18-22)26(31)28-17-8-2-5-16-25-29-23-14-6-7-15-24(23)30(25)19-20-10-3-1-4-11-20/h1,3-4,6-7,9-15,18H,2,5,8,16-17,19H2,(H,28,31). The molecule has 0 unspecified atom stereocenters. The van der Waals surface area contributed by atoms with Gasteiger partial charge in [0, 0.05) is 30.1 Å². The van der Waals surface area contributed by atoms with Gasteiger partial charge in [0.1, 0.15) is 5.82 Å². The average Bonchev–Trinajstić information content (AvgIpc) is 3.14. The molecule has 0 fully saturated rings. The van der Waals surface area contributed by atoms with Crippen LogP contribution >= 0.6 is 11.6 Å². The number of imidazole rings is 1. The number of carbonyl (C=O) groups is 1. The number of rotatable bonds is 9. The number of benzene rings is 3. The van der Waals surface area contributed by atoms with Crippen molar-refractivity contribution < 1.29 is 4.79 Å². The van der Waals surface area contributed by atoms with Crippen molar-refractivity contribution in [2.24, 2.45) is 0 Å². The number of para-hydroxylation sites is 2. The summed E-state index contributed by atoms with van der Waals surface area (Å²) in [5.41, 5.74) is 4.09. The highest BCUT2D eigenvalue weighted by Gasteiger charge is 2.11. The summed E-state index contributed by atoms with van der Waals surface area (Å²) < 4.78 is 2.32. The summed E-state index contributed by atoms with van der Waals surface area (Å²) in [6.45, 7) is 1.48. The van der Waals surface area contributed by atoms with E-state index in [9.17, 15) is 4.79 Å². The molecule has 0 spiro atoms. The van der Waals surface area contributed by atoms with Gasteiger partial charge in [0.15, 0.2) is 0 Å². The first-order valence-electron chi connectivity index (χ1n) is 10.7. The molecule has 31 heavy (non-hydrogen) atoms. The van der Waals surface area contributed by atoms with Crippen LogP contribution in [0.5, 0.6) is 0 Å². The third-order valence-electron chi connectivity index (χ3n) is 5.37. The van der Waals surface area contributed by atoms with Gasteiger partial charge in [0.05, 0.1) is 11.0 Å². The number of amides is 1. The zero-order valence-electron chi connectivity index (χ0n) is 17.4. The van der Waals surface area contributed by atoms with E-state index >= 15 is 0 Å². The molecule has 1 aromatic heterocycles. The zero-order valence-corrected chi connectivity index (χ0v) is 18.2. The molecule has 4 rings (SSSR count). The number of nitrogens with one attached hydrogen (secondary N) is 1. The van der Waals surface area contributed by atoms with Gasteiger partial charge in [-0.05, 0) is 48.7 Å². The predicted molar refractivity (Wildman–Crippen MR) is 127 cm³/mol. The summed E-state index contributed by atoms with van der Waals surface area (Å²) in [6.07, 6.45) is 3.92. The third-order valence-corrected chi connectivity index (χ3v) is 5.60. The summed E-state index contributed by atoms with van der Waals surface area (Å²) in [7, 11) is 0. The number of unbranched alkanes of at least 4 members (excludes halogenated alkanes) is 2. The van der Waals surface area contributed by atoms with Crippen molar-refractivity contribution in [1.82, 2.24) is 14.9 Å². The minimum Gasteiger partial charge on any atom is -0.352 e. The Morgan fingerprint density at radius 3 is 2.55 bits per heavy atom. The van der Waals surface area contributed by atoms with E-state index in [1.165, 1.54) is 11.1 Å². The predicted octanol–water partition coefficient (Wildman–Crippen LogP) is 5.88. The lowest BCUT2D eigenvalue weighted by molar-refractivity contribution is 0.0953. The highest BCUT2D eigenvalue weighted by atomic mass is 35.5. The van der Waals surface area contributed by atoms with E-state index in [4.69, 9.17) is 16.6 Å². The van der Waals surface area contributed by atoms with E-state index in [1.807, 2.05) is 12.1 Å². The van der Waals surface area contributed by atoms with E-state index in [0.29, 0.717) is 17.1 Å². The first kappa shape index (κ1) is 21.1. The second-order valence-electron chi connectivity index (χ2n) is 7.67. The Bertz CT molecular complexity index is 1150. The lowest BCUT2D eigenvalue weighted by Crippen LogP contribution is -2.24. The van der Waals surface area contributed by atoms with Crippen LogP contribution in [0.2, 0.25) is 5.02 Å². The maximum atomic E-state index is 12.2. The molecule has 0 radical (unpaired) electrons. The third kappa shape index (κ3) is 5.53. The Morgan fingerprint density at radius 1 is 0.903 bits per heavy atom. The molecule has 4 aromatic rings. The second-order valence-corrected chi connectivity index (χ2v) is 8.10. The van der Waals surface area contributed by atoms with Gasteiger partial charge in [-0.3, -0.25) is 4.79 Å². The molecule has 0 aliphatic rings. The normalized spacial score (nSPS) is 11.0. The SMILES string of the molecule is O=C(NCCCCCc1nc2ccccc2n1Cc1ccccc1)c1cccc(Cl)c1. The average molecular weight is 432 g/mol. The van der Waals surface area contributed by atoms with Crippen LogP contribution in [0.3, 0.4) is 0 Å². The molecular weight excluding hydrogens is 406 g/mol. The van der Waals surface area contributed by atoms with Crippen LogP contribution in [0.25, 0.3) is 11.0 Å². The van der Waals surface area contributed by atoms with Crippen molar-refractivity contribution in [3.8, 4) is 0 Å². The topological polar surface area (TPSA) is 46.9 Å². The fourth-order valence-corrected chi connectivity index (χ4v) is 3.97. The monoisotopic (exact) mass is 431 g/mol. The number of hydrogen-bond donors (Lipinski definition) is 1. The van der Waals surface area contributed by atoms with Crippen molar-refractivity contribution in [3.63, 3.8) is 0 Å². The molecule has 0 bridgehead atoms. The van der Waals surface area contributed by atoms with Crippen LogP contribution in [-0.2, 0) is 13.0 Å². The highest BCUT2D eigenvalue weighted by molar-refractivity contribution is 6.30. The summed E-state index contributed by atoms with van der Waals surface area (Å²) in [5, 5.41) is 3.55. The molecule has 3 aromatic carbocycles. The molecule has 0 atom stereocenters. The molecule has 1 N–H and O–H groups in total. The number of aryl methyl sites for hydroxylation is 1. The molecular formula is C26H26ClN3O. The van der Waals surface area contributed by atoms with Gasteiger partial charge < -0.3 is 9.88 Å². The van der Waals surface area contributed by atoms with E-state index in [0.717, 1.165) is 43.6 Å². The van der Waals surface area contributed by atoms with E-state index in [-0.39, 0.29) is 5.91 Å². The fraction of sp³-hybridized carbons (Fsp3) is 0.231. The smallest absolute Gasteiger partial charge is 0.251 e. The Labute approximate surface area is 187 Å². The van der Waals surface area contributed by atoms with Gasteiger partial charge in [-0.2, -0.15) is 0 Å². The van der Waals surface area contributed by atoms with Crippen LogP contribution in [-0.4, -0.2) is 22.0 Å². The van der Waals surface area contributed by atoms with Crippen molar-refractivity contribution in [2.75, 3.05) is 6.54 Å². The van der Waals surface area contributed by atoms with Gasteiger partial charge in [0.2, 0.25) is 0 Å². The quantitative estimate of drug-likeness (QED) is 0.336. The molecule has 1 heterocycles. The van der Waals surface area contributed by atoms with Crippen LogP contribution in [0, 0.1) is 0 Å². The second kappa shape index (κ2) is 10.3. The van der Waals surface area contributed by atoms with Gasteiger partial charge in [-0.1, -0.05) is 66.6 Å². The number of carbonyl (C=O) groups excluding carboxylic acids is 1. The Morgan fingerprint density at radius 2 is 1.71 bits per heavy atom. The van der Waals surface area contributed by atoms with Crippen molar-refractivity contribution in [3.05, 3.63) is 101 Å². The molecule has 158 valence electrons. The number of hydrogen-bond acceptors (Lipinski definition) is 2. The largest absolute Gasteiger partial charge is 0.352 e.